The summed E-state index contributed by atoms with van der Waals surface area (Å²) in [7, 11) is 0. The number of carbonyl (C=O) groups excluding carboxylic acids is 2. The quantitative estimate of drug-likeness (QED) is 0.504. The first kappa shape index (κ1) is 22.4. The average molecular weight is 424 g/mol. The molecule has 0 aromatic heterocycles. The van der Waals surface area contributed by atoms with Crippen molar-refractivity contribution in [3.63, 3.8) is 0 Å². The van der Waals surface area contributed by atoms with Crippen LogP contribution in [0.25, 0.3) is 6.08 Å². The largest absolute Gasteiger partial charge is 0.490 e. The van der Waals surface area contributed by atoms with Gasteiger partial charge in [-0.25, -0.2) is 4.79 Å². The van der Waals surface area contributed by atoms with Crippen molar-refractivity contribution < 1.29 is 23.8 Å². The molecule has 1 aliphatic heterocycles. The lowest BCUT2D eigenvalue weighted by molar-refractivity contribution is -0.148. The summed E-state index contributed by atoms with van der Waals surface area (Å²) in [6.45, 7) is 6.98. The predicted molar refractivity (Wildman–Crippen MR) is 120 cm³/mol. The Labute approximate surface area is 183 Å². The number of carbonyl (C=O) groups is 2. The van der Waals surface area contributed by atoms with Crippen molar-refractivity contribution >= 4 is 23.6 Å². The van der Waals surface area contributed by atoms with Crippen molar-refractivity contribution in [2.45, 2.75) is 45.6 Å². The molecule has 1 heterocycles. The molecule has 164 valence electrons. The molecule has 1 aliphatic rings. The van der Waals surface area contributed by atoms with E-state index in [9.17, 15) is 9.59 Å². The molecule has 0 saturated carbocycles. The van der Waals surface area contributed by atoms with Gasteiger partial charge in [-0.15, -0.1) is 0 Å². The van der Waals surface area contributed by atoms with Crippen molar-refractivity contribution in [1.29, 1.82) is 0 Å². The zero-order chi connectivity index (χ0) is 22.2. The zero-order valence-corrected chi connectivity index (χ0v) is 18.2. The molecule has 1 N–H and O–H groups in total. The van der Waals surface area contributed by atoms with E-state index in [1.54, 1.807) is 13.0 Å². The molecule has 0 unspecified atom stereocenters. The van der Waals surface area contributed by atoms with E-state index in [2.05, 4.69) is 19.2 Å². The molecule has 6 nitrogen and oxygen atoms in total. The van der Waals surface area contributed by atoms with E-state index in [-0.39, 0.29) is 5.91 Å². The molecule has 2 aromatic rings. The fraction of sp³-hybridized carbons (Fsp3) is 0.360. The third kappa shape index (κ3) is 6.10. The number of benzene rings is 2. The Morgan fingerprint density at radius 1 is 1.10 bits per heavy atom. The maximum atomic E-state index is 12.5. The Bertz CT molecular complexity index is 953. The molecule has 2 aromatic carbocycles. The van der Waals surface area contributed by atoms with Gasteiger partial charge in [-0.3, -0.25) is 4.79 Å². The van der Waals surface area contributed by atoms with Gasteiger partial charge in [0.1, 0.15) is 0 Å². The van der Waals surface area contributed by atoms with E-state index in [0.29, 0.717) is 30.6 Å². The van der Waals surface area contributed by atoms with E-state index in [4.69, 9.17) is 14.2 Å². The molecule has 0 fully saturated rings. The number of para-hydroxylation sites is 1. The van der Waals surface area contributed by atoms with Crippen molar-refractivity contribution in [3.05, 3.63) is 59.7 Å². The highest BCUT2D eigenvalue weighted by Crippen LogP contribution is 2.31. The van der Waals surface area contributed by atoms with Gasteiger partial charge in [-0.2, -0.15) is 0 Å². The van der Waals surface area contributed by atoms with E-state index in [0.717, 1.165) is 29.7 Å². The van der Waals surface area contributed by atoms with Gasteiger partial charge >= 0.3 is 5.97 Å². The number of rotatable bonds is 7. The highest BCUT2D eigenvalue weighted by Gasteiger charge is 2.19. The van der Waals surface area contributed by atoms with E-state index in [1.807, 2.05) is 42.5 Å². The van der Waals surface area contributed by atoms with Crippen LogP contribution >= 0.6 is 0 Å². The lowest BCUT2D eigenvalue weighted by Gasteiger charge is -2.17. The second kappa shape index (κ2) is 10.7. The van der Waals surface area contributed by atoms with Crippen LogP contribution < -0.4 is 14.8 Å². The summed E-state index contributed by atoms with van der Waals surface area (Å²) in [5, 5.41) is 2.87. The second-order valence-corrected chi connectivity index (χ2v) is 7.55. The summed E-state index contributed by atoms with van der Waals surface area (Å²) in [6.07, 6.45) is 3.79. The van der Waals surface area contributed by atoms with Crippen LogP contribution in [0.1, 0.15) is 50.7 Å². The minimum atomic E-state index is -0.925. The summed E-state index contributed by atoms with van der Waals surface area (Å²) in [4.78, 5) is 24.7. The lowest BCUT2D eigenvalue weighted by atomic mass is 9.97. The fourth-order valence-corrected chi connectivity index (χ4v) is 3.21. The molecule has 2 atom stereocenters. The number of ether oxygens (including phenoxy) is 3. The smallest absolute Gasteiger partial charge is 0.331 e. The van der Waals surface area contributed by atoms with Gasteiger partial charge in [0.05, 0.1) is 13.2 Å². The van der Waals surface area contributed by atoms with Gasteiger partial charge < -0.3 is 19.5 Å². The minimum Gasteiger partial charge on any atom is -0.490 e. The summed E-state index contributed by atoms with van der Waals surface area (Å²) in [5.41, 5.74) is 2.58. The van der Waals surface area contributed by atoms with Crippen molar-refractivity contribution in [2.24, 2.45) is 0 Å². The number of hydrogen-bond acceptors (Lipinski definition) is 5. The second-order valence-electron chi connectivity index (χ2n) is 7.55. The number of anilines is 1. The first-order chi connectivity index (χ1) is 15.0. The third-order valence-corrected chi connectivity index (χ3v) is 5.21. The maximum absolute atomic E-state index is 12.5. The van der Waals surface area contributed by atoms with Gasteiger partial charge in [-0.05, 0) is 54.7 Å². The van der Waals surface area contributed by atoms with Crippen molar-refractivity contribution in [3.8, 4) is 11.5 Å². The van der Waals surface area contributed by atoms with Gasteiger partial charge in [0, 0.05) is 18.2 Å². The Kier molecular flexibility index (Phi) is 7.70. The highest BCUT2D eigenvalue weighted by molar-refractivity contribution is 5.97. The molecule has 0 radical (unpaired) electrons. The van der Waals surface area contributed by atoms with Crippen molar-refractivity contribution in [1.82, 2.24) is 0 Å². The predicted octanol–water partition coefficient (Wildman–Crippen LogP) is 4.95. The van der Waals surface area contributed by atoms with Crippen molar-refractivity contribution in [2.75, 3.05) is 18.5 Å². The van der Waals surface area contributed by atoms with Crippen LogP contribution in [0.5, 0.6) is 11.5 Å². The van der Waals surface area contributed by atoms with Crippen LogP contribution in [0.15, 0.2) is 48.5 Å². The molecule has 6 heteroatoms. The third-order valence-electron chi connectivity index (χ3n) is 5.21. The van der Waals surface area contributed by atoms with E-state index >= 15 is 0 Å². The standard InChI is InChI=1S/C25H29NO5/c1-4-17(2)20-8-5-6-9-21(20)26-25(28)18(3)31-24(27)13-11-19-10-12-22-23(16-19)30-15-7-14-29-22/h5-6,8-13,16-18H,4,7,14-15H2,1-3H3,(H,26,28)/b13-11+/t17-,18+/m0/s1. The number of hydrogen-bond donors (Lipinski definition) is 1. The minimum absolute atomic E-state index is 0.313. The molecule has 3 rings (SSSR count). The van der Waals surface area contributed by atoms with E-state index < -0.39 is 12.1 Å². The van der Waals surface area contributed by atoms with Gasteiger partial charge in [0.2, 0.25) is 0 Å². The maximum Gasteiger partial charge on any atom is 0.331 e. The molecule has 0 spiro atoms. The highest BCUT2D eigenvalue weighted by atomic mass is 16.5. The summed E-state index contributed by atoms with van der Waals surface area (Å²) < 4.78 is 16.5. The van der Waals surface area contributed by atoms with Gasteiger partial charge in [0.15, 0.2) is 17.6 Å². The van der Waals surface area contributed by atoms with Crippen LogP contribution in [0, 0.1) is 0 Å². The van der Waals surface area contributed by atoms with Gasteiger partial charge in [-0.1, -0.05) is 38.1 Å². The normalized spacial score (nSPS) is 15.1. The first-order valence-electron chi connectivity index (χ1n) is 10.7. The summed E-state index contributed by atoms with van der Waals surface area (Å²) >= 11 is 0. The molecular weight excluding hydrogens is 394 g/mol. The van der Waals surface area contributed by atoms with Gasteiger partial charge in [0.25, 0.3) is 5.91 Å². The number of amides is 1. The van der Waals surface area contributed by atoms with E-state index in [1.165, 1.54) is 6.08 Å². The molecule has 1 amide bonds. The summed E-state index contributed by atoms with van der Waals surface area (Å²) in [5.74, 6) is 0.701. The molecular formula is C25H29NO5. The lowest BCUT2D eigenvalue weighted by Crippen LogP contribution is -2.29. The monoisotopic (exact) mass is 423 g/mol. The zero-order valence-electron chi connectivity index (χ0n) is 18.2. The van der Waals surface area contributed by atoms with Crippen LogP contribution in [0.2, 0.25) is 0 Å². The Morgan fingerprint density at radius 3 is 2.61 bits per heavy atom. The fourth-order valence-electron chi connectivity index (χ4n) is 3.21. The molecule has 0 bridgehead atoms. The molecule has 0 saturated heterocycles. The molecule has 31 heavy (non-hydrogen) atoms. The Balaban J connectivity index is 1.58. The van der Waals surface area contributed by atoms with Crippen LogP contribution in [-0.2, 0) is 14.3 Å². The average Bonchev–Trinajstić information content (AvgIpc) is 3.02. The van der Waals surface area contributed by atoms with Crippen LogP contribution in [-0.4, -0.2) is 31.2 Å². The van der Waals surface area contributed by atoms with Crippen LogP contribution in [0.4, 0.5) is 5.69 Å². The number of nitrogens with one attached hydrogen (secondary N) is 1. The topological polar surface area (TPSA) is 73.9 Å². The van der Waals surface area contributed by atoms with Crippen LogP contribution in [0.3, 0.4) is 0 Å². The molecule has 0 aliphatic carbocycles. The Morgan fingerprint density at radius 2 is 1.84 bits per heavy atom. The Hall–Kier alpha value is -3.28. The first-order valence-corrected chi connectivity index (χ1v) is 10.7. The SMILES string of the molecule is CC[C@H](C)c1ccccc1NC(=O)[C@@H](C)OC(=O)/C=C/c1ccc2c(c1)OCCCO2. The number of fused-ring (bicyclic) bond motifs is 1. The number of esters is 1. The summed E-state index contributed by atoms with van der Waals surface area (Å²) in [6, 6.07) is 13.1.